The predicted octanol–water partition coefficient (Wildman–Crippen LogP) is 15.5. The highest BCUT2D eigenvalue weighted by atomic mass is 16.1. The molecule has 0 fully saturated rings. The van der Waals surface area contributed by atoms with E-state index in [0.717, 1.165) is 85.4 Å². The minimum absolute atomic E-state index is 0.757. The lowest BCUT2D eigenvalue weighted by molar-refractivity contribution is -0.105. The van der Waals surface area contributed by atoms with Crippen LogP contribution in [0.3, 0.4) is 0 Å². The van der Waals surface area contributed by atoms with E-state index in [-0.39, 0.29) is 0 Å². The molecule has 0 radical (unpaired) electrons. The molecule has 304 valence electrons. The van der Waals surface area contributed by atoms with E-state index in [4.69, 9.17) is 4.98 Å². The first-order valence-corrected chi connectivity index (χ1v) is 21.9. The molecule has 0 atom stereocenters. The largest absolute Gasteiger partial charge is 0.328 e. The first-order valence-electron chi connectivity index (χ1n) is 21.9. The number of carbonyl (C=O) groups excluding carboxylic acids is 1. The van der Waals surface area contributed by atoms with Crippen molar-refractivity contribution in [3.63, 3.8) is 0 Å². The third-order valence-electron chi connectivity index (χ3n) is 12.5. The number of hydrogen-bond donors (Lipinski definition) is 1. The number of nitrogens with one attached hydrogen (secondary N) is 1. The van der Waals surface area contributed by atoms with E-state index in [1.807, 2.05) is 12.1 Å². The van der Waals surface area contributed by atoms with Crippen molar-refractivity contribution in [3.8, 4) is 72.4 Å². The van der Waals surface area contributed by atoms with Crippen molar-refractivity contribution < 1.29 is 4.79 Å². The molecule has 1 amide bonds. The first kappa shape index (κ1) is 38.6. The second-order valence-electron chi connectivity index (χ2n) is 16.2. The number of nitrogens with zero attached hydrogens (tertiary/aromatic N) is 2. The summed E-state index contributed by atoms with van der Waals surface area (Å²) in [7, 11) is 0. The smallest absolute Gasteiger partial charge is 0.211 e. The third-order valence-corrected chi connectivity index (χ3v) is 12.5. The molecule has 0 aliphatic rings. The molecule has 64 heavy (non-hydrogen) atoms. The van der Waals surface area contributed by atoms with Crippen molar-refractivity contribution in [2.24, 2.45) is 0 Å². The fourth-order valence-corrected chi connectivity index (χ4v) is 9.54. The number of aromatic nitrogens is 2. The Balaban J connectivity index is 1.13. The molecule has 11 rings (SSSR count). The summed E-state index contributed by atoms with van der Waals surface area (Å²) in [4.78, 5) is 17.0. The minimum atomic E-state index is 0.757. The van der Waals surface area contributed by atoms with Crippen LogP contribution in [0, 0.1) is 0 Å². The molecular formula is C60H43N3O. The molecule has 4 heteroatoms. The average Bonchev–Trinajstić information content (AvgIpc) is 3.75. The van der Waals surface area contributed by atoms with Crippen molar-refractivity contribution in [1.29, 1.82) is 0 Å². The van der Waals surface area contributed by atoms with Gasteiger partial charge in [-0.25, -0.2) is 4.98 Å². The summed E-state index contributed by atoms with van der Waals surface area (Å²) in [6, 6.07) is 77.9. The highest BCUT2D eigenvalue weighted by Gasteiger charge is 2.20. The van der Waals surface area contributed by atoms with Crippen LogP contribution in [0.1, 0.15) is 12.7 Å². The quantitative estimate of drug-likeness (QED) is 0.110. The number of para-hydroxylation sites is 2. The van der Waals surface area contributed by atoms with E-state index in [1.54, 1.807) is 0 Å². The molecule has 0 spiro atoms. The van der Waals surface area contributed by atoms with Gasteiger partial charge in [-0.05, 0) is 125 Å². The van der Waals surface area contributed by atoms with Gasteiger partial charge in [-0.3, -0.25) is 9.36 Å². The fourth-order valence-electron chi connectivity index (χ4n) is 9.54. The highest BCUT2D eigenvalue weighted by molar-refractivity contribution is 6.22. The summed E-state index contributed by atoms with van der Waals surface area (Å²) >= 11 is 0. The molecular weight excluding hydrogens is 779 g/mol. The summed E-state index contributed by atoms with van der Waals surface area (Å²) in [5.41, 5.74) is 17.4. The highest BCUT2D eigenvalue weighted by Crippen LogP contribution is 2.46. The topological polar surface area (TPSA) is 46.9 Å². The Labute approximate surface area is 372 Å². The molecule has 0 unspecified atom stereocenters. The predicted molar refractivity (Wildman–Crippen MR) is 268 cm³/mol. The Bertz CT molecular complexity index is 3500. The van der Waals surface area contributed by atoms with Crippen LogP contribution >= 0.6 is 0 Å². The van der Waals surface area contributed by atoms with E-state index in [2.05, 4.69) is 223 Å². The molecule has 0 aliphatic carbocycles. The molecule has 1 N–H and O–H groups in total. The molecule has 10 aromatic carbocycles. The van der Waals surface area contributed by atoms with Gasteiger partial charge >= 0.3 is 0 Å². The standard InChI is InChI=1S/C60H43N3O/c1-2-58-62-56-23-13-14-24-57(56)63(58)47-33-29-44(30-34-47)60-51-22-12-11-21-50(51)59(43-27-25-41(26-28-43)40-15-5-3-6-16-40)52-35-31-45(38-54(52)60)46-32-36-55(61-39-64)53(37-46)49-20-10-9-19-48(49)42-17-7-4-8-18-42/h3-39H,2H2,1H3,(H,61,64). The zero-order valence-electron chi connectivity index (χ0n) is 35.4. The molecule has 0 bridgehead atoms. The van der Waals surface area contributed by atoms with Crippen LogP contribution in [0.15, 0.2) is 218 Å². The van der Waals surface area contributed by atoms with Crippen molar-refractivity contribution in [3.05, 3.63) is 224 Å². The van der Waals surface area contributed by atoms with Crippen molar-refractivity contribution >= 4 is 44.7 Å². The maximum Gasteiger partial charge on any atom is 0.211 e. The van der Waals surface area contributed by atoms with Crippen molar-refractivity contribution in [1.82, 2.24) is 9.55 Å². The normalized spacial score (nSPS) is 11.3. The Morgan fingerprint density at radius 3 is 1.66 bits per heavy atom. The Morgan fingerprint density at radius 1 is 0.438 bits per heavy atom. The Morgan fingerprint density at radius 2 is 0.953 bits per heavy atom. The Kier molecular flexibility index (Phi) is 9.95. The van der Waals surface area contributed by atoms with Crippen molar-refractivity contribution in [2.75, 3.05) is 5.32 Å². The van der Waals surface area contributed by atoms with Gasteiger partial charge in [0.2, 0.25) is 6.41 Å². The van der Waals surface area contributed by atoms with Gasteiger partial charge in [0, 0.05) is 23.4 Å². The van der Waals surface area contributed by atoms with Gasteiger partial charge in [-0.2, -0.15) is 0 Å². The van der Waals surface area contributed by atoms with E-state index in [1.165, 1.54) is 44.0 Å². The lowest BCUT2D eigenvalue weighted by Gasteiger charge is -2.20. The number of fused-ring (bicyclic) bond motifs is 3. The number of hydrogen-bond acceptors (Lipinski definition) is 2. The van der Waals surface area contributed by atoms with Crippen LogP contribution in [-0.2, 0) is 11.2 Å². The minimum Gasteiger partial charge on any atom is -0.328 e. The van der Waals surface area contributed by atoms with E-state index >= 15 is 0 Å². The second-order valence-corrected chi connectivity index (χ2v) is 16.2. The number of aryl methyl sites for hydroxylation is 1. The second kappa shape index (κ2) is 16.5. The Hall–Kier alpha value is -8.34. The van der Waals surface area contributed by atoms with E-state index in [0.29, 0.717) is 0 Å². The summed E-state index contributed by atoms with van der Waals surface area (Å²) in [6.07, 6.45) is 1.59. The SMILES string of the molecule is CCc1nc2ccccc2n1-c1ccc(-c2c3ccccc3c(-c3ccc(-c4ccccc4)cc3)c3ccc(-c4ccc(NC=O)c(-c5ccccc5-c5ccccc5)c4)cc23)cc1. The fraction of sp³-hybridized carbons (Fsp3) is 0.0333. The first-order chi connectivity index (χ1) is 31.7. The van der Waals surface area contributed by atoms with Gasteiger partial charge in [-0.1, -0.05) is 183 Å². The van der Waals surface area contributed by atoms with Crippen LogP contribution in [0.5, 0.6) is 0 Å². The summed E-state index contributed by atoms with van der Waals surface area (Å²) in [5, 5.41) is 7.73. The maximum absolute atomic E-state index is 12.0. The summed E-state index contributed by atoms with van der Waals surface area (Å²) < 4.78 is 2.28. The van der Waals surface area contributed by atoms with Crippen LogP contribution < -0.4 is 5.32 Å². The van der Waals surface area contributed by atoms with Crippen molar-refractivity contribution in [2.45, 2.75) is 13.3 Å². The van der Waals surface area contributed by atoms with Gasteiger partial charge in [-0.15, -0.1) is 0 Å². The van der Waals surface area contributed by atoms with Crippen LogP contribution in [0.4, 0.5) is 5.69 Å². The molecule has 1 heterocycles. The number of amides is 1. The van der Waals surface area contributed by atoms with Gasteiger partial charge in [0.1, 0.15) is 5.82 Å². The van der Waals surface area contributed by atoms with Crippen LogP contribution in [0.2, 0.25) is 0 Å². The summed E-state index contributed by atoms with van der Waals surface area (Å²) in [6.45, 7) is 2.16. The average molecular weight is 822 g/mol. The zero-order valence-corrected chi connectivity index (χ0v) is 35.4. The van der Waals surface area contributed by atoms with Gasteiger partial charge in [0.15, 0.2) is 0 Å². The van der Waals surface area contributed by atoms with E-state index < -0.39 is 0 Å². The van der Waals surface area contributed by atoms with Gasteiger partial charge in [0.05, 0.1) is 11.0 Å². The molecule has 0 saturated carbocycles. The van der Waals surface area contributed by atoms with Crippen LogP contribution in [0.25, 0.3) is 105 Å². The summed E-state index contributed by atoms with van der Waals surface area (Å²) in [5.74, 6) is 1.04. The molecule has 0 aliphatic heterocycles. The molecule has 0 saturated heterocycles. The number of carbonyl (C=O) groups is 1. The maximum atomic E-state index is 12.0. The monoisotopic (exact) mass is 821 g/mol. The molecule has 11 aromatic rings. The number of anilines is 1. The molecule has 4 nitrogen and oxygen atoms in total. The lowest BCUT2D eigenvalue weighted by atomic mass is 9.84. The third kappa shape index (κ3) is 6.82. The van der Waals surface area contributed by atoms with Gasteiger partial charge < -0.3 is 5.32 Å². The zero-order chi connectivity index (χ0) is 43.0. The van der Waals surface area contributed by atoms with Crippen LogP contribution in [-0.4, -0.2) is 16.0 Å². The molecule has 1 aromatic heterocycles. The number of imidazole rings is 1. The van der Waals surface area contributed by atoms with Gasteiger partial charge in [0.25, 0.3) is 0 Å². The van der Waals surface area contributed by atoms with E-state index in [9.17, 15) is 4.79 Å². The lowest BCUT2D eigenvalue weighted by Crippen LogP contribution is -2.00. The number of rotatable bonds is 10. The number of benzene rings is 10.